The number of aromatic nitrogens is 2. The molecule has 0 atom stereocenters. The molecule has 19 heavy (non-hydrogen) atoms. The second-order valence-electron chi connectivity index (χ2n) is 3.99. The summed E-state index contributed by atoms with van der Waals surface area (Å²) >= 11 is 0. The van der Waals surface area contributed by atoms with Crippen LogP contribution >= 0.6 is 0 Å². The van der Waals surface area contributed by atoms with Crippen molar-refractivity contribution in [1.29, 1.82) is 0 Å². The maximum atomic E-state index is 8.60. The Morgan fingerprint density at radius 1 is 1.26 bits per heavy atom. The molecule has 0 aliphatic carbocycles. The lowest BCUT2D eigenvalue weighted by atomic mass is 10.2. The molecule has 1 N–H and O–H groups in total. The monoisotopic (exact) mass is 256 g/mol. The van der Waals surface area contributed by atoms with Crippen molar-refractivity contribution in [3.63, 3.8) is 0 Å². The Morgan fingerprint density at radius 3 is 2.79 bits per heavy atom. The lowest BCUT2D eigenvalue weighted by molar-refractivity contribution is 0.302. The minimum Gasteiger partial charge on any atom is -0.494 e. The van der Waals surface area contributed by atoms with Gasteiger partial charge in [-0.05, 0) is 30.7 Å². The van der Waals surface area contributed by atoms with Gasteiger partial charge in [-0.1, -0.05) is 11.8 Å². The zero-order valence-electron chi connectivity index (χ0n) is 10.6. The molecule has 0 amide bonds. The summed E-state index contributed by atoms with van der Waals surface area (Å²) < 4.78 is 7.66. The van der Waals surface area contributed by atoms with Gasteiger partial charge in [-0.3, -0.25) is 0 Å². The van der Waals surface area contributed by atoms with Crippen molar-refractivity contribution < 1.29 is 9.84 Å². The Hall–Kier alpha value is -2.25. The van der Waals surface area contributed by atoms with Crippen LogP contribution in [-0.4, -0.2) is 27.9 Å². The summed E-state index contributed by atoms with van der Waals surface area (Å²) in [5, 5.41) is 8.60. The number of aryl methyl sites for hydroxylation is 1. The van der Waals surface area contributed by atoms with Gasteiger partial charge in [-0.25, -0.2) is 4.98 Å². The molecule has 4 nitrogen and oxygen atoms in total. The Morgan fingerprint density at radius 2 is 2.11 bits per heavy atom. The third kappa shape index (κ3) is 4.49. The second-order valence-corrected chi connectivity index (χ2v) is 3.99. The maximum Gasteiger partial charge on any atom is 0.119 e. The van der Waals surface area contributed by atoms with Crippen LogP contribution in [0.25, 0.3) is 0 Å². The van der Waals surface area contributed by atoms with Crippen molar-refractivity contribution in [2.24, 2.45) is 0 Å². The molecule has 2 aromatic rings. The fourth-order valence-corrected chi connectivity index (χ4v) is 1.63. The lowest BCUT2D eigenvalue weighted by Crippen LogP contribution is -2.02. The van der Waals surface area contributed by atoms with Gasteiger partial charge in [0.1, 0.15) is 12.4 Å². The number of aliphatic hydroxyl groups is 1. The smallest absolute Gasteiger partial charge is 0.119 e. The summed E-state index contributed by atoms with van der Waals surface area (Å²) in [4.78, 5) is 3.98. The molecule has 0 spiro atoms. The van der Waals surface area contributed by atoms with Gasteiger partial charge < -0.3 is 14.4 Å². The van der Waals surface area contributed by atoms with E-state index in [9.17, 15) is 0 Å². The summed E-state index contributed by atoms with van der Waals surface area (Å²) in [6, 6.07) is 7.54. The second kappa shape index (κ2) is 7.24. The number of imidazole rings is 1. The Kier molecular flexibility index (Phi) is 5.03. The number of nitrogens with zero attached hydrogens (tertiary/aromatic N) is 2. The molecule has 0 fully saturated rings. The van der Waals surface area contributed by atoms with Crippen molar-refractivity contribution >= 4 is 0 Å². The van der Waals surface area contributed by atoms with Crippen LogP contribution in [0.5, 0.6) is 5.75 Å². The topological polar surface area (TPSA) is 47.3 Å². The fourth-order valence-electron chi connectivity index (χ4n) is 1.63. The van der Waals surface area contributed by atoms with E-state index in [1.54, 1.807) is 12.5 Å². The fraction of sp³-hybridized carbons (Fsp3) is 0.267. The molecule has 1 aromatic carbocycles. The van der Waals surface area contributed by atoms with Gasteiger partial charge in [0.15, 0.2) is 0 Å². The molecule has 0 bridgehead atoms. The van der Waals surface area contributed by atoms with Crippen molar-refractivity contribution in [3.05, 3.63) is 48.5 Å². The number of aliphatic hydroxyl groups excluding tert-OH is 1. The Bertz CT molecular complexity index is 536. The molecule has 98 valence electrons. The summed E-state index contributed by atoms with van der Waals surface area (Å²) in [6.07, 6.45) is 6.44. The number of hydrogen-bond acceptors (Lipinski definition) is 3. The first kappa shape index (κ1) is 13.2. The van der Waals surface area contributed by atoms with Crippen LogP contribution in [-0.2, 0) is 6.54 Å². The largest absolute Gasteiger partial charge is 0.494 e. The highest BCUT2D eigenvalue weighted by molar-refractivity contribution is 5.38. The summed E-state index contributed by atoms with van der Waals surface area (Å²) in [6.45, 7) is 1.45. The van der Waals surface area contributed by atoms with Gasteiger partial charge in [0.25, 0.3) is 0 Å². The first-order valence-electron chi connectivity index (χ1n) is 6.17. The number of hydrogen-bond donors (Lipinski definition) is 1. The van der Waals surface area contributed by atoms with E-state index in [-0.39, 0.29) is 6.61 Å². The normalized spacial score (nSPS) is 9.74. The van der Waals surface area contributed by atoms with E-state index in [4.69, 9.17) is 9.84 Å². The predicted molar refractivity (Wildman–Crippen MR) is 72.7 cm³/mol. The van der Waals surface area contributed by atoms with E-state index in [0.29, 0.717) is 6.61 Å². The molecular weight excluding hydrogens is 240 g/mol. The van der Waals surface area contributed by atoms with Crippen molar-refractivity contribution in [1.82, 2.24) is 9.55 Å². The SMILES string of the molecule is OCC#Cc1ccc(OCCCn2ccnc2)cc1. The van der Waals surface area contributed by atoms with Crippen molar-refractivity contribution in [2.45, 2.75) is 13.0 Å². The van der Waals surface area contributed by atoms with Crippen molar-refractivity contribution in [2.75, 3.05) is 13.2 Å². The minimum atomic E-state index is -0.119. The molecule has 0 aliphatic rings. The van der Waals surface area contributed by atoms with E-state index in [1.165, 1.54) is 0 Å². The summed E-state index contributed by atoms with van der Waals surface area (Å²) in [5.74, 6) is 6.28. The molecular formula is C15H16N2O2. The van der Waals surface area contributed by atoms with Crippen LogP contribution in [0.15, 0.2) is 43.0 Å². The van der Waals surface area contributed by atoms with Gasteiger partial charge in [0.2, 0.25) is 0 Å². The van der Waals surface area contributed by atoms with E-state index in [2.05, 4.69) is 16.8 Å². The molecule has 0 saturated heterocycles. The molecule has 4 heteroatoms. The zero-order valence-corrected chi connectivity index (χ0v) is 10.6. The van der Waals surface area contributed by atoms with Crippen LogP contribution in [0.1, 0.15) is 12.0 Å². The highest BCUT2D eigenvalue weighted by atomic mass is 16.5. The van der Waals surface area contributed by atoms with Crippen LogP contribution in [0.4, 0.5) is 0 Å². The molecule has 0 radical (unpaired) electrons. The average molecular weight is 256 g/mol. The van der Waals surface area contributed by atoms with Crippen LogP contribution in [0, 0.1) is 11.8 Å². The average Bonchev–Trinajstić information content (AvgIpc) is 2.96. The first-order valence-corrected chi connectivity index (χ1v) is 6.17. The van der Waals surface area contributed by atoms with E-state index in [0.717, 1.165) is 24.3 Å². The quantitative estimate of drug-likeness (QED) is 0.654. The third-order valence-corrected chi connectivity index (χ3v) is 2.55. The predicted octanol–water partition coefficient (Wildman–Crippen LogP) is 1.70. The zero-order chi connectivity index (χ0) is 13.3. The third-order valence-electron chi connectivity index (χ3n) is 2.55. The maximum absolute atomic E-state index is 8.60. The highest BCUT2D eigenvalue weighted by Gasteiger charge is 1.95. The van der Waals surface area contributed by atoms with Gasteiger partial charge >= 0.3 is 0 Å². The molecule has 0 saturated carbocycles. The Balaban J connectivity index is 1.74. The van der Waals surface area contributed by atoms with Gasteiger partial charge in [0.05, 0.1) is 12.9 Å². The van der Waals surface area contributed by atoms with E-state index < -0.39 is 0 Å². The molecule has 1 aromatic heterocycles. The number of rotatable bonds is 5. The van der Waals surface area contributed by atoms with E-state index >= 15 is 0 Å². The van der Waals surface area contributed by atoms with Crippen LogP contribution < -0.4 is 4.74 Å². The van der Waals surface area contributed by atoms with Crippen LogP contribution in [0.2, 0.25) is 0 Å². The van der Waals surface area contributed by atoms with Gasteiger partial charge in [-0.2, -0.15) is 0 Å². The summed E-state index contributed by atoms with van der Waals surface area (Å²) in [7, 11) is 0. The number of ether oxygens (including phenoxy) is 1. The first-order chi connectivity index (χ1) is 9.38. The molecule has 1 heterocycles. The molecule has 0 aliphatic heterocycles. The van der Waals surface area contributed by atoms with Crippen molar-refractivity contribution in [3.8, 4) is 17.6 Å². The summed E-state index contributed by atoms with van der Waals surface area (Å²) in [5.41, 5.74) is 0.875. The standard InChI is InChI=1S/C15H16N2O2/c18-11-1-3-14-4-6-15(7-5-14)19-12-2-9-17-10-8-16-13-17/h4-8,10,13,18H,2,9,11-12H2. The highest BCUT2D eigenvalue weighted by Crippen LogP contribution is 2.11. The minimum absolute atomic E-state index is 0.119. The van der Waals surface area contributed by atoms with Gasteiger partial charge in [-0.15, -0.1) is 0 Å². The Labute approximate surface area is 112 Å². The molecule has 0 unspecified atom stereocenters. The number of benzene rings is 1. The van der Waals surface area contributed by atoms with Gasteiger partial charge in [0, 0.05) is 24.5 Å². The van der Waals surface area contributed by atoms with E-state index in [1.807, 2.05) is 35.0 Å². The van der Waals surface area contributed by atoms with Crippen LogP contribution in [0.3, 0.4) is 0 Å². The lowest BCUT2D eigenvalue weighted by Gasteiger charge is -2.06. The molecule has 2 rings (SSSR count).